The predicted octanol–water partition coefficient (Wildman–Crippen LogP) is 4.03. The van der Waals surface area contributed by atoms with Crippen LogP contribution in [-0.2, 0) is 9.53 Å². The van der Waals surface area contributed by atoms with E-state index in [0.29, 0.717) is 29.3 Å². The molecular formula is C31H35N3O5. The molecule has 0 spiro atoms. The molecule has 39 heavy (non-hydrogen) atoms. The van der Waals surface area contributed by atoms with Crippen molar-refractivity contribution in [2.45, 2.75) is 18.4 Å². The fourth-order valence-electron chi connectivity index (χ4n) is 5.44. The van der Waals surface area contributed by atoms with Crippen LogP contribution in [0.1, 0.15) is 39.9 Å². The number of carbonyl (C=O) groups is 2. The van der Waals surface area contributed by atoms with Crippen molar-refractivity contribution in [1.29, 1.82) is 0 Å². The van der Waals surface area contributed by atoms with Gasteiger partial charge in [-0.25, -0.2) is 0 Å². The lowest BCUT2D eigenvalue weighted by atomic mass is 9.78. The molecule has 0 unspecified atom stereocenters. The van der Waals surface area contributed by atoms with E-state index < -0.39 is 12.0 Å². The maximum atomic E-state index is 14.0. The molecular weight excluding hydrogens is 494 g/mol. The van der Waals surface area contributed by atoms with Crippen LogP contribution in [0.25, 0.3) is 0 Å². The number of nitrogens with zero attached hydrogens (tertiary/aromatic N) is 2. The minimum Gasteiger partial charge on any atom is -0.497 e. The first kappa shape index (κ1) is 26.7. The molecule has 3 aromatic rings. The molecule has 0 aliphatic carbocycles. The number of hydrogen-bond acceptors (Lipinski definition) is 6. The smallest absolute Gasteiger partial charge is 0.259 e. The zero-order valence-electron chi connectivity index (χ0n) is 22.5. The highest BCUT2D eigenvalue weighted by atomic mass is 16.5. The van der Waals surface area contributed by atoms with E-state index >= 15 is 0 Å². The van der Waals surface area contributed by atoms with Gasteiger partial charge in [0.2, 0.25) is 5.91 Å². The first-order valence-electron chi connectivity index (χ1n) is 13.4. The fourth-order valence-corrected chi connectivity index (χ4v) is 5.44. The molecule has 2 heterocycles. The van der Waals surface area contributed by atoms with Gasteiger partial charge in [0.1, 0.15) is 11.5 Å². The average molecular weight is 530 g/mol. The molecule has 2 atom stereocenters. The third-order valence-corrected chi connectivity index (χ3v) is 7.48. The first-order valence-corrected chi connectivity index (χ1v) is 13.4. The second-order valence-electron chi connectivity index (χ2n) is 9.75. The normalized spacial score (nSPS) is 19.3. The maximum Gasteiger partial charge on any atom is 0.259 e. The number of hydrogen-bond donors (Lipinski definition) is 1. The average Bonchev–Trinajstić information content (AvgIpc) is 3.00. The second-order valence-corrected chi connectivity index (χ2v) is 9.75. The summed E-state index contributed by atoms with van der Waals surface area (Å²) in [6, 6.07) is 21.8. The Morgan fingerprint density at radius 1 is 0.923 bits per heavy atom. The number of amides is 2. The third-order valence-electron chi connectivity index (χ3n) is 7.48. The highest BCUT2D eigenvalue weighted by Gasteiger charge is 2.44. The van der Waals surface area contributed by atoms with Crippen molar-refractivity contribution < 1.29 is 23.8 Å². The monoisotopic (exact) mass is 529 g/mol. The number of carbonyl (C=O) groups excluding carboxylic acids is 2. The topological polar surface area (TPSA) is 80.3 Å². The zero-order chi connectivity index (χ0) is 27.2. The maximum absolute atomic E-state index is 14.0. The summed E-state index contributed by atoms with van der Waals surface area (Å²) in [7, 11) is 3.23. The summed E-state index contributed by atoms with van der Waals surface area (Å²) in [5, 5.41) is 3.18. The zero-order valence-corrected chi connectivity index (χ0v) is 22.5. The number of benzene rings is 3. The van der Waals surface area contributed by atoms with Crippen molar-refractivity contribution in [3.8, 4) is 11.5 Å². The quantitative estimate of drug-likeness (QED) is 0.422. The van der Waals surface area contributed by atoms with E-state index in [1.807, 2.05) is 66.7 Å². The summed E-state index contributed by atoms with van der Waals surface area (Å²) >= 11 is 0. The number of nitrogens with one attached hydrogen (secondary N) is 1. The Hall–Kier alpha value is -3.88. The Morgan fingerprint density at radius 3 is 2.23 bits per heavy atom. The Labute approximate surface area is 229 Å². The minimum atomic E-state index is -0.599. The van der Waals surface area contributed by atoms with Crippen LogP contribution < -0.4 is 19.7 Å². The molecule has 1 saturated heterocycles. The van der Waals surface area contributed by atoms with E-state index in [2.05, 4.69) is 10.2 Å². The molecule has 2 aliphatic rings. The number of anilines is 1. The Bertz CT molecular complexity index is 1270. The van der Waals surface area contributed by atoms with E-state index in [-0.39, 0.29) is 11.8 Å². The van der Waals surface area contributed by atoms with Gasteiger partial charge in [-0.1, -0.05) is 30.3 Å². The van der Waals surface area contributed by atoms with Crippen molar-refractivity contribution in [3.63, 3.8) is 0 Å². The lowest BCUT2D eigenvalue weighted by Crippen LogP contribution is -2.48. The van der Waals surface area contributed by atoms with Crippen LogP contribution in [0.3, 0.4) is 0 Å². The highest BCUT2D eigenvalue weighted by molar-refractivity contribution is 6.11. The minimum absolute atomic E-state index is 0.101. The largest absolute Gasteiger partial charge is 0.497 e. The molecule has 2 aliphatic heterocycles. The summed E-state index contributed by atoms with van der Waals surface area (Å²) in [6.07, 6.45) is 0.842. The summed E-state index contributed by atoms with van der Waals surface area (Å²) in [5.74, 6) is 0.558. The lowest BCUT2D eigenvalue weighted by Gasteiger charge is -2.42. The Kier molecular flexibility index (Phi) is 8.44. The van der Waals surface area contributed by atoms with Gasteiger partial charge in [0.15, 0.2) is 0 Å². The van der Waals surface area contributed by atoms with Gasteiger partial charge in [-0.3, -0.25) is 19.4 Å². The van der Waals surface area contributed by atoms with E-state index in [1.165, 1.54) is 0 Å². The van der Waals surface area contributed by atoms with Gasteiger partial charge in [0.05, 0.1) is 39.4 Å². The number of methoxy groups -OCH3 is 2. The molecule has 0 saturated carbocycles. The van der Waals surface area contributed by atoms with Gasteiger partial charge in [-0.2, -0.15) is 0 Å². The van der Waals surface area contributed by atoms with Crippen LogP contribution in [0.5, 0.6) is 11.5 Å². The van der Waals surface area contributed by atoms with Crippen LogP contribution in [0.4, 0.5) is 5.69 Å². The fraction of sp³-hybridized carbons (Fsp3) is 0.355. The Balaban J connectivity index is 1.49. The number of fused-ring (bicyclic) bond motifs is 1. The first-order chi connectivity index (χ1) is 19.1. The standard InChI is InChI=1S/C31H35N3O5/c1-37-24-12-8-22(9-13-24)29-28(30(35)32-16-5-17-33-18-20-39-21-19-33)26-6-3-4-7-27(26)31(36)34(29)23-10-14-25(38-2)15-11-23/h3-4,6-15,28-29H,5,16-21H2,1-2H3,(H,32,35)/t28-,29+/m0/s1. The predicted molar refractivity (Wildman–Crippen MR) is 150 cm³/mol. The van der Waals surface area contributed by atoms with Crippen molar-refractivity contribution in [1.82, 2.24) is 10.2 Å². The third kappa shape index (κ3) is 5.77. The van der Waals surface area contributed by atoms with Gasteiger partial charge in [0, 0.05) is 30.9 Å². The molecule has 1 N–H and O–H groups in total. The number of ether oxygens (including phenoxy) is 3. The van der Waals surface area contributed by atoms with Crippen molar-refractivity contribution in [2.75, 3.05) is 58.5 Å². The summed E-state index contributed by atoms with van der Waals surface area (Å²) < 4.78 is 16.2. The van der Waals surface area contributed by atoms with Crippen molar-refractivity contribution in [2.24, 2.45) is 0 Å². The van der Waals surface area contributed by atoms with Gasteiger partial charge >= 0.3 is 0 Å². The van der Waals surface area contributed by atoms with E-state index in [1.54, 1.807) is 25.2 Å². The molecule has 5 rings (SSSR count). The summed E-state index contributed by atoms with van der Waals surface area (Å²) in [4.78, 5) is 32.1. The molecule has 204 valence electrons. The molecule has 0 bridgehead atoms. The van der Waals surface area contributed by atoms with Gasteiger partial charge in [-0.05, 0) is 66.6 Å². The molecule has 2 amide bonds. The lowest BCUT2D eigenvalue weighted by molar-refractivity contribution is -0.123. The summed E-state index contributed by atoms with van der Waals surface area (Å²) in [5.41, 5.74) is 2.81. The van der Waals surface area contributed by atoms with E-state index in [9.17, 15) is 9.59 Å². The molecule has 3 aromatic carbocycles. The van der Waals surface area contributed by atoms with Crippen LogP contribution in [0, 0.1) is 0 Å². The van der Waals surface area contributed by atoms with Crippen LogP contribution in [0.15, 0.2) is 72.8 Å². The van der Waals surface area contributed by atoms with Gasteiger partial charge in [0.25, 0.3) is 5.91 Å². The van der Waals surface area contributed by atoms with Crippen LogP contribution in [-0.4, -0.2) is 70.3 Å². The Morgan fingerprint density at radius 2 is 1.56 bits per heavy atom. The summed E-state index contributed by atoms with van der Waals surface area (Å²) in [6.45, 7) is 4.81. The SMILES string of the molecule is COc1ccc([C@@H]2[C@@H](C(=O)NCCCN3CCOCC3)c3ccccc3C(=O)N2c2ccc(OC)cc2)cc1. The highest BCUT2D eigenvalue weighted by Crippen LogP contribution is 2.45. The van der Waals surface area contributed by atoms with Crippen LogP contribution >= 0.6 is 0 Å². The molecule has 0 aromatic heterocycles. The molecule has 1 fully saturated rings. The number of rotatable bonds is 9. The van der Waals surface area contributed by atoms with Crippen molar-refractivity contribution in [3.05, 3.63) is 89.5 Å². The molecule has 8 heteroatoms. The van der Waals surface area contributed by atoms with E-state index in [0.717, 1.165) is 50.4 Å². The van der Waals surface area contributed by atoms with Gasteiger partial charge < -0.3 is 19.5 Å². The van der Waals surface area contributed by atoms with Gasteiger partial charge in [-0.15, -0.1) is 0 Å². The second kappa shape index (κ2) is 12.3. The molecule has 0 radical (unpaired) electrons. The number of morpholine rings is 1. The van der Waals surface area contributed by atoms with Crippen LogP contribution in [0.2, 0.25) is 0 Å². The van der Waals surface area contributed by atoms with E-state index in [4.69, 9.17) is 14.2 Å². The molecule has 8 nitrogen and oxygen atoms in total. The van der Waals surface area contributed by atoms with Crippen molar-refractivity contribution >= 4 is 17.5 Å².